The summed E-state index contributed by atoms with van der Waals surface area (Å²) in [7, 11) is 0. The van der Waals surface area contributed by atoms with Crippen molar-refractivity contribution in [3.05, 3.63) is 40.3 Å². The number of benzene rings is 1. The second kappa shape index (κ2) is 7.22. The van der Waals surface area contributed by atoms with Crippen LogP contribution in [0.2, 0.25) is 0 Å². The minimum absolute atomic E-state index is 0.00660. The minimum Gasteiger partial charge on any atom is -0.451 e. The number of nitrogens with zero attached hydrogens (tertiary/aromatic N) is 1. The third kappa shape index (κ3) is 3.30. The van der Waals surface area contributed by atoms with E-state index in [1.165, 1.54) is 38.5 Å². The zero-order chi connectivity index (χ0) is 20.9. The van der Waals surface area contributed by atoms with Gasteiger partial charge in [-0.05, 0) is 74.7 Å². The highest BCUT2D eigenvalue weighted by Gasteiger charge is 2.53. The smallest absolute Gasteiger partial charge is 0.359 e. The normalized spacial score (nSPS) is 30.2. The predicted octanol–water partition coefficient (Wildman–Crippen LogP) is 2.80. The molecule has 6 rings (SSSR count). The van der Waals surface area contributed by atoms with Crippen LogP contribution in [-0.2, 0) is 9.53 Å². The summed E-state index contributed by atoms with van der Waals surface area (Å²) in [5, 5.41) is 10.0. The van der Waals surface area contributed by atoms with Crippen LogP contribution in [0.1, 0.15) is 55.9 Å². The summed E-state index contributed by atoms with van der Waals surface area (Å²) in [5.74, 6) is 1.43. The van der Waals surface area contributed by atoms with Crippen molar-refractivity contribution in [3.8, 4) is 0 Å². The highest BCUT2D eigenvalue weighted by molar-refractivity contribution is 6.02. The highest BCUT2D eigenvalue weighted by Crippen LogP contribution is 2.61. The lowest BCUT2D eigenvalue weighted by molar-refractivity contribution is -0.128. The van der Waals surface area contributed by atoms with Crippen molar-refractivity contribution in [2.75, 3.05) is 6.61 Å². The number of H-pyrrole nitrogens is 1. The van der Waals surface area contributed by atoms with Gasteiger partial charge in [-0.15, -0.1) is 0 Å². The molecule has 0 unspecified atom stereocenters. The highest BCUT2D eigenvalue weighted by atomic mass is 16.5. The van der Waals surface area contributed by atoms with Gasteiger partial charge in [0.1, 0.15) is 0 Å². The first-order chi connectivity index (χ1) is 14.4. The molecule has 4 bridgehead atoms. The van der Waals surface area contributed by atoms with E-state index >= 15 is 0 Å². The summed E-state index contributed by atoms with van der Waals surface area (Å²) in [6.45, 7) is 1.74. The third-order valence-corrected chi connectivity index (χ3v) is 7.61. The lowest BCUT2D eigenvalue weighted by atomic mass is 9.48. The number of ether oxygens (including phenoxy) is 1. The number of aromatic nitrogens is 2. The lowest BCUT2D eigenvalue weighted by Crippen LogP contribution is -2.56. The van der Waals surface area contributed by atoms with Crippen molar-refractivity contribution < 1.29 is 14.3 Å². The van der Waals surface area contributed by atoms with Gasteiger partial charge in [0, 0.05) is 11.4 Å². The standard InChI is InChI=1S/C23H27N3O4/c1-13(23-9-14-6-15(10-23)8-16(7-14)11-23)24-19(27)12-30-22(29)20-17-4-2-3-5-18(17)21(28)26-25-20/h2-5,13-16H,6-12H2,1H3,(H,24,27)(H,26,28)/t13-,14?,15?,16?,23?/m1/s1. The van der Waals surface area contributed by atoms with Gasteiger partial charge in [0.25, 0.3) is 11.5 Å². The Hall–Kier alpha value is -2.70. The fourth-order valence-electron chi connectivity index (χ4n) is 6.61. The summed E-state index contributed by atoms with van der Waals surface area (Å²) < 4.78 is 5.22. The lowest BCUT2D eigenvalue weighted by Gasteiger charge is -2.59. The molecule has 4 aliphatic rings. The van der Waals surface area contributed by atoms with E-state index in [1.54, 1.807) is 24.3 Å². The number of hydrogen-bond donors (Lipinski definition) is 2. The van der Waals surface area contributed by atoms with Crippen LogP contribution in [0.15, 0.2) is 29.1 Å². The molecule has 158 valence electrons. The van der Waals surface area contributed by atoms with Gasteiger partial charge in [-0.25, -0.2) is 9.89 Å². The maximum atomic E-state index is 12.5. The molecule has 1 atom stereocenters. The molecule has 1 amide bonds. The van der Waals surface area contributed by atoms with E-state index in [0.29, 0.717) is 10.8 Å². The molecule has 0 spiro atoms. The zero-order valence-corrected chi connectivity index (χ0v) is 17.1. The van der Waals surface area contributed by atoms with E-state index in [0.717, 1.165) is 17.8 Å². The Morgan fingerprint density at radius 3 is 2.37 bits per heavy atom. The number of esters is 1. The first kappa shape index (κ1) is 19.3. The van der Waals surface area contributed by atoms with E-state index < -0.39 is 5.97 Å². The quantitative estimate of drug-likeness (QED) is 0.740. The van der Waals surface area contributed by atoms with Gasteiger partial charge in [0.05, 0.1) is 5.39 Å². The van der Waals surface area contributed by atoms with Gasteiger partial charge in [-0.1, -0.05) is 18.2 Å². The van der Waals surface area contributed by atoms with Crippen LogP contribution in [0.5, 0.6) is 0 Å². The summed E-state index contributed by atoms with van der Waals surface area (Å²) in [4.78, 5) is 36.9. The molecule has 4 saturated carbocycles. The van der Waals surface area contributed by atoms with Crippen LogP contribution < -0.4 is 10.9 Å². The number of fused-ring (bicyclic) bond motifs is 1. The number of amides is 1. The molecule has 4 fully saturated rings. The van der Waals surface area contributed by atoms with Crippen LogP contribution >= 0.6 is 0 Å². The van der Waals surface area contributed by atoms with Gasteiger partial charge in [-0.3, -0.25) is 9.59 Å². The maximum Gasteiger partial charge on any atom is 0.359 e. The van der Waals surface area contributed by atoms with Gasteiger partial charge < -0.3 is 10.1 Å². The average molecular weight is 409 g/mol. The monoisotopic (exact) mass is 409 g/mol. The third-order valence-electron chi connectivity index (χ3n) is 7.61. The number of carbonyl (C=O) groups excluding carboxylic acids is 2. The number of hydrogen-bond acceptors (Lipinski definition) is 5. The van der Waals surface area contributed by atoms with E-state index in [1.807, 2.05) is 0 Å². The van der Waals surface area contributed by atoms with Crippen molar-refractivity contribution in [1.29, 1.82) is 0 Å². The molecule has 0 radical (unpaired) electrons. The van der Waals surface area contributed by atoms with Gasteiger partial charge in [-0.2, -0.15) is 5.10 Å². The zero-order valence-electron chi connectivity index (χ0n) is 17.1. The van der Waals surface area contributed by atoms with Crippen molar-refractivity contribution in [2.45, 2.75) is 51.5 Å². The van der Waals surface area contributed by atoms with Gasteiger partial charge in [0.2, 0.25) is 0 Å². The van der Waals surface area contributed by atoms with Crippen molar-refractivity contribution >= 4 is 22.6 Å². The van der Waals surface area contributed by atoms with E-state index in [-0.39, 0.29) is 35.2 Å². The van der Waals surface area contributed by atoms with E-state index in [4.69, 9.17) is 4.74 Å². The Morgan fingerprint density at radius 1 is 1.13 bits per heavy atom. The first-order valence-electron chi connectivity index (χ1n) is 10.9. The number of carbonyl (C=O) groups is 2. The van der Waals surface area contributed by atoms with Crippen molar-refractivity contribution in [2.24, 2.45) is 23.2 Å². The number of rotatable bonds is 5. The molecule has 30 heavy (non-hydrogen) atoms. The van der Waals surface area contributed by atoms with Gasteiger partial charge in [0.15, 0.2) is 12.3 Å². The van der Waals surface area contributed by atoms with Crippen LogP contribution in [-0.4, -0.2) is 34.7 Å². The van der Waals surface area contributed by atoms with E-state index in [9.17, 15) is 14.4 Å². The molecule has 7 nitrogen and oxygen atoms in total. The Labute approximate surface area is 174 Å². The summed E-state index contributed by atoms with van der Waals surface area (Å²) in [6.07, 6.45) is 7.68. The van der Waals surface area contributed by atoms with Crippen molar-refractivity contribution in [3.63, 3.8) is 0 Å². The molecule has 4 aliphatic carbocycles. The van der Waals surface area contributed by atoms with Crippen LogP contribution in [0.4, 0.5) is 0 Å². The Kier molecular flexibility index (Phi) is 4.64. The van der Waals surface area contributed by atoms with Crippen LogP contribution in [0.3, 0.4) is 0 Å². The number of nitrogens with one attached hydrogen (secondary N) is 2. The molecule has 1 aromatic carbocycles. The molecular weight excluding hydrogens is 382 g/mol. The van der Waals surface area contributed by atoms with E-state index in [2.05, 4.69) is 22.4 Å². The van der Waals surface area contributed by atoms with Crippen molar-refractivity contribution in [1.82, 2.24) is 15.5 Å². The molecule has 7 heteroatoms. The SMILES string of the molecule is C[C@@H](NC(=O)COC(=O)c1n[nH]c(=O)c2ccccc12)C12CC3CC(CC(C3)C1)C2. The second-order valence-electron chi connectivity index (χ2n) is 9.59. The maximum absolute atomic E-state index is 12.5. The predicted molar refractivity (Wildman–Crippen MR) is 111 cm³/mol. The Morgan fingerprint density at radius 2 is 1.73 bits per heavy atom. The fraction of sp³-hybridized carbons (Fsp3) is 0.565. The second-order valence-corrected chi connectivity index (χ2v) is 9.59. The average Bonchev–Trinajstić information content (AvgIpc) is 2.71. The molecule has 1 aromatic heterocycles. The number of aromatic amines is 1. The minimum atomic E-state index is -0.722. The Balaban J connectivity index is 1.22. The molecule has 2 N–H and O–H groups in total. The molecule has 0 saturated heterocycles. The summed E-state index contributed by atoms with van der Waals surface area (Å²) in [6, 6.07) is 6.77. The van der Waals surface area contributed by atoms with Crippen LogP contribution in [0.25, 0.3) is 10.8 Å². The summed E-state index contributed by atoms with van der Waals surface area (Å²) in [5.41, 5.74) is -0.165. The molecule has 1 heterocycles. The largest absolute Gasteiger partial charge is 0.451 e. The van der Waals surface area contributed by atoms with Crippen LogP contribution in [0, 0.1) is 23.2 Å². The summed E-state index contributed by atoms with van der Waals surface area (Å²) >= 11 is 0. The van der Waals surface area contributed by atoms with Gasteiger partial charge >= 0.3 is 5.97 Å². The molecular formula is C23H27N3O4. The molecule has 2 aromatic rings. The topological polar surface area (TPSA) is 101 Å². The molecule has 0 aliphatic heterocycles. The first-order valence-corrected chi connectivity index (χ1v) is 10.9. The Bertz CT molecular complexity index is 1020. The fourth-order valence-corrected chi connectivity index (χ4v) is 6.61.